The molecule has 15 heavy (non-hydrogen) atoms. The molecule has 0 fully saturated rings. The maximum absolute atomic E-state index is 5.15. The fraction of sp³-hybridized carbons (Fsp3) is 0.727. The first-order chi connectivity index (χ1) is 7.09. The summed E-state index contributed by atoms with van der Waals surface area (Å²) in [5.74, 6) is 0. The molecule has 0 saturated heterocycles. The van der Waals surface area contributed by atoms with Gasteiger partial charge in [-0.05, 0) is 26.8 Å². The van der Waals surface area contributed by atoms with E-state index in [9.17, 15) is 0 Å². The third kappa shape index (κ3) is 3.64. The van der Waals surface area contributed by atoms with Gasteiger partial charge in [-0.15, -0.1) is 0 Å². The zero-order valence-corrected chi connectivity index (χ0v) is 10.1. The Balaban J connectivity index is 2.49. The Morgan fingerprint density at radius 3 is 2.87 bits per heavy atom. The number of aryl methyl sites for hydroxylation is 1. The molecule has 4 heteroatoms. The van der Waals surface area contributed by atoms with Crippen LogP contribution in [0.1, 0.15) is 26.5 Å². The second-order valence-electron chi connectivity index (χ2n) is 4.31. The standard InChI is InChI=1S/C11H21N3O/c1-5-14-10(6-7-13-14)8-12-11(2,3)9-15-4/h6-7,12H,5,8-9H2,1-4H3. The maximum atomic E-state index is 5.15. The van der Waals surface area contributed by atoms with Crippen LogP contribution < -0.4 is 5.32 Å². The molecule has 0 aliphatic heterocycles. The van der Waals surface area contributed by atoms with Crippen molar-refractivity contribution in [2.45, 2.75) is 39.4 Å². The molecule has 1 rings (SSSR count). The fourth-order valence-corrected chi connectivity index (χ4v) is 1.54. The van der Waals surface area contributed by atoms with Crippen LogP contribution in [0.4, 0.5) is 0 Å². The normalized spacial score (nSPS) is 12.0. The molecular formula is C11H21N3O. The summed E-state index contributed by atoms with van der Waals surface area (Å²) >= 11 is 0. The first-order valence-electron chi connectivity index (χ1n) is 5.33. The lowest BCUT2D eigenvalue weighted by atomic mass is 10.1. The topological polar surface area (TPSA) is 39.1 Å². The van der Waals surface area contributed by atoms with E-state index in [4.69, 9.17) is 4.74 Å². The second-order valence-corrected chi connectivity index (χ2v) is 4.31. The van der Waals surface area contributed by atoms with Crippen molar-refractivity contribution < 1.29 is 4.74 Å². The van der Waals surface area contributed by atoms with Crippen LogP contribution in [0.3, 0.4) is 0 Å². The molecule has 0 aliphatic rings. The van der Waals surface area contributed by atoms with Gasteiger partial charge in [-0.2, -0.15) is 5.10 Å². The van der Waals surface area contributed by atoms with Crippen LogP contribution in [0, 0.1) is 0 Å². The molecule has 1 heterocycles. The van der Waals surface area contributed by atoms with Crippen molar-refractivity contribution in [2.75, 3.05) is 13.7 Å². The number of nitrogens with one attached hydrogen (secondary N) is 1. The van der Waals surface area contributed by atoms with Crippen LogP contribution in [0.25, 0.3) is 0 Å². The van der Waals surface area contributed by atoms with Crippen molar-refractivity contribution in [1.82, 2.24) is 15.1 Å². The molecule has 0 saturated carbocycles. The highest BCUT2D eigenvalue weighted by molar-refractivity contribution is 5.00. The summed E-state index contributed by atoms with van der Waals surface area (Å²) in [5, 5.41) is 7.68. The van der Waals surface area contributed by atoms with E-state index in [0.29, 0.717) is 6.61 Å². The highest BCUT2D eigenvalue weighted by Crippen LogP contribution is 2.05. The van der Waals surface area contributed by atoms with Crippen LogP contribution in [-0.2, 0) is 17.8 Å². The average Bonchev–Trinajstić information content (AvgIpc) is 2.62. The SMILES string of the molecule is CCn1nccc1CNC(C)(C)COC. The van der Waals surface area contributed by atoms with Crippen molar-refractivity contribution in [1.29, 1.82) is 0 Å². The summed E-state index contributed by atoms with van der Waals surface area (Å²) in [4.78, 5) is 0. The first kappa shape index (κ1) is 12.2. The third-order valence-corrected chi connectivity index (χ3v) is 2.36. The lowest BCUT2D eigenvalue weighted by molar-refractivity contribution is 0.127. The Labute approximate surface area is 91.6 Å². The van der Waals surface area contributed by atoms with Gasteiger partial charge in [0.15, 0.2) is 0 Å². The largest absolute Gasteiger partial charge is 0.383 e. The molecule has 0 unspecified atom stereocenters. The molecular weight excluding hydrogens is 190 g/mol. The van der Waals surface area contributed by atoms with Crippen molar-refractivity contribution in [3.05, 3.63) is 18.0 Å². The Kier molecular flexibility index (Phi) is 4.29. The van der Waals surface area contributed by atoms with Crippen LogP contribution in [0.15, 0.2) is 12.3 Å². The van der Waals surface area contributed by atoms with Gasteiger partial charge in [0.25, 0.3) is 0 Å². The number of rotatable bonds is 6. The number of methoxy groups -OCH3 is 1. The number of ether oxygens (including phenoxy) is 1. The van der Waals surface area contributed by atoms with Crippen LogP contribution in [0.2, 0.25) is 0 Å². The quantitative estimate of drug-likeness (QED) is 0.773. The first-order valence-corrected chi connectivity index (χ1v) is 5.33. The average molecular weight is 211 g/mol. The molecule has 86 valence electrons. The number of aromatic nitrogens is 2. The van der Waals surface area contributed by atoms with Crippen molar-refractivity contribution in [3.8, 4) is 0 Å². The van der Waals surface area contributed by atoms with E-state index in [1.165, 1.54) is 5.69 Å². The molecule has 0 spiro atoms. The lowest BCUT2D eigenvalue weighted by Gasteiger charge is -2.25. The highest BCUT2D eigenvalue weighted by atomic mass is 16.5. The number of hydrogen-bond acceptors (Lipinski definition) is 3. The summed E-state index contributed by atoms with van der Waals surface area (Å²) in [6, 6.07) is 2.04. The minimum atomic E-state index is -0.00239. The van der Waals surface area contributed by atoms with Crippen molar-refractivity contribution >= 4 is 0 Å². The van der Waals surface area contributed by atoms with E-state index >= 15 is 0 Å². The third-order valence-electron chi connectivity index (χ3n) is 2.36. The van der Waals surface area contributed by atoms with Crippen molar-refractivity contribution in [3.63, 3.8) is 0 Å². The monoisotopic (exact) mass is 211 g/mol. The van der Waals surface area contributed by atoms with Gasteiger partial charge in [0.1, 0.15) is 0 Å². The molecule has 0 bridgehead atoms. The van der Waals surface area contributed by atoms with E-state index in [2.05, 4.69) is 31.2 Å². The Morgan fingerprint density at radius 2 is 2.27 bits per heavy atom. The molecule has 1 aromatic heterocycles. The van der Waals surface area contributed by atoms with E-state index < -0.39 is 0 Å². The summed E-state index contributed by atoms with van der Waals surface area (Å²) in [7, 11) is 1.72. The summed E-state index contributed by atoms with van der Waals surface area (Å²) < 4.78 is 7.14. The van der Waals surface area contributed by atoms with E-state index in [1.807, 2.05) is 16.9 Å². The van der Waals surface area contributed by atoms with E-state index in [0.717, 1.165) is 13.1 Å². The van der Waals surface area contributed by atoms with Gasteiger partial charge in [-0.3, -0.25) is 4.68 Å². The molecule has 1 N–H and O–H groups in total. The molecule has 0 amide bonds. The predicted molar refractivity (Wildman–Crippen MR) is 60.7 cm³/mol. The highest BCUT2D eigenvalue weighted by Gasteiger charge is 2.16. The molecule has 0 radical (unpaired) electrons. The van der Waals surface area contributed by atoms with Crippen molar-refractivity contribution in [2.24, 2.45) is 0 Å². The molecule has 0 aromatic carbocycles. The Bertz CT molecular complexity index is 294. The Hall–Kier alpha value is -0.870. The van der Waals surface area contributed by atoms with Crippen LogP contribution in [0.5, 0.6) is 0 Å². The van der Waals surface area contributed by atoms with Gasteiger partial charge in [0.05, 0.1) is 12.3 Å². The summed E-state index contributed by atoms with van der Waals surface area (Å²) in [5.41, 5.74) is 1.21. The van der Waals surface area contributed by atoms with Gasteiger partial charge < -0.3 is 10.1 Å². The Morgan fingerprint density at radius 1 is 1.53 bits per heavy atom. The van der Waals surface area contributed by atoms with Crippen LogP contribution >= 0.6 is 0 Å². The number of hydrogen-bond donors (Lipinski definition) is 1. The minimum Gasteiger partial charge on any atom is -0.383 e. The second kappa shape index (κ2) is 5.28. The van der Waals surface area contributed by atoms with Gasteiger partial charge in [0.2, 0.25) is 0 Å². The molecule has 4 nitrogen and oxygen atoms in total. The maximum Gasteiger partial charge on any atom is 0.0639 e. The van der Waals surface area contributed by atoms with Gasteiger partial charge >= 0.3 is 0 Å². The lowest BCUT2D eigenvalue weighted by Crippen LogP contribution is -2.43. The van der Waals surface area contributed by atoms with E-state index in [1.54, 1.807) is 7.11 Å². The fourth-order valence-electron chi connectivity index (χ4n) is 1.54. The zero-order valence-electron chi connectivity index (χ0n) is 10.1. The minimum absolute atomic E-state index is 0.00239. The summed E-state index contributed by atoms with van der Waals surface area (Å²) in [6.07, 6.45) is 1.84. The smallest absolute Gasteiger partial charge is 0.0639 e. The van der Waals surface area contributed by atoms with Gasteiger partial charge in [-0.25, -0.2) is 0 Å². The molecule has 0 atom stereocenters. The predicted octanol–water partition coefficient (Wildman–Crippen LogP) is 1.42. The van der Waals surface area contributed by atoms with Gasteiger partial charge in [0, 0.05) is 31.9 Å². The number of nitrogens with zero attached hydrogens (tertiary/aromatic N) is 2. The van der Waals surface area contributed by atoms with Crippen LogP contribution in [-0.4, -0.2) is 29.0 Å². The van der Waals surface area contributed by atoms with Gasteiger partial charge in [-0.1, -0.05) is 0 Å². The van der Waals surface area contributed by atoms with E-state index in [-0.39, 0.29) is 5.54 Å². The zero-order chi connectivity index (χ0) is 11.3. The molecule has 0 aliphatic carbocycles. The summed E-state index contributed by atoms with van der Waals surface area (Å²) in [6.45, 7) is 8.79. The molecule has 1 aromatic rings.